The number of benzene rings is 1. The molecule has 4 aromatic rings. The Morgan fingerprint density at radius 2 is 1.97 bits per heavy atom. The summed E-state index contributed by atoms with van der Waals surface area (Å²) in [7, 11) is -3.67. The van der Waals surface area contributed by atoms with Gasteiger partial charge in [-0.05, 0) is 25.1 Å². The Kier molecular flexibility index (Phi) is 4.51. The highest BCUT2D eigenvalue weighted by Gasteiger charge is 2.50. The average molecular weight is 449 g/mol. The number of nitrogen functional groups attached to an aromatic ring is 1. The summed E-state index contributed by atoms with van der Waals surface area (Å²) in [5.41, 5.74) is 8.29. The van der Waals surface area contributed by atoms with Gasteiger partial charge in [0.05, 0.1) is 28.6 Å². The minimum Gasteiger partial charge on any atom is -0.382 e. The van der Waals surface area contributed by atoms with Gasteiger partial charge in [0.2, 0.25) is 10.0 Å². The molecule has 0 spiro atoms. The summed E-state index contributed by atoms with van der Waals surface area (Å²) in [4.78, 5) is 11.8. The third-order valence-electron chi connectivity index (χ3n) is 5.85. The maximum absolute atomic E-state index is 13.0. The molecule has 0 amide bonds. The number of aromatic nitrogens is 5. The summed E-state index contributed by atoms with van der Waals surface area (Å²) < 4.78 is 29.0. The van der Waals surface area contributed by atoms with Gasteiger partial charge in [-0.2, -0.15) is 14.7 Å². The molecule has 1 aromatic carbocycles. The van der Waals surface area contributed by atoms with E-state index in [1.54, 1.807) is 41.3 Å². The second kappa shape index (κ2) is 7.15. The van der Waals surface area contributed by atoms with E-state index in [0.717, 1.165) is 10.9 Å². The van der Waals surface area contributed by atoms with E-state index in [1.165, 1.54) is 10.6 Å². The molecule has 11 heteroatoms. The number of anilines is 1. The molecule has 0 radical (unpaired) electrons. The number of aryl methyl sites for hydroxylation is 1. The quantitative estimate of drug-likeness (QED) is 0.475. The van der Waals surface area contributed by atoms with Crippen LogP contribution >= 0.6 is 0 Å². The van der Waals surface area contributed by atoms with Crippen molar-refractivity contribution < 1.29 is 8.42 Å². The van der Waals surface area contributed by atoms with Crippen LogP contribution in [0.2, 0.25) is 0 Å². The topological polar surface area (TPSA) is 147 Å². The van der Waals surface area contributed by atoms with Crippen LogP contribution in [0, 0.1) is 18.3 Å². The molecule has 1 aliphatic rings. The van der Waals surface area contributed by atoms with Crippen LogP contribution in [0.1, 0.15) is 12.0 Å². The lowest BCUT2D eigenvalue weighted by Crippen LogP contribution is -2.64. The zero-order valence-electron chi connectivity index (χ0n) is 17.2. The van der Waals surface area contributed by atoms with Gasteiger partial charge in [-0.1, -0.05) is 17.7 Å². The second-order valence-electron chi connectivity index (χ2n) is 7.98. The predicted octanol–water partition coefficient (Wildman–Crippen LogP) is 2.03. The predicted molar refractivity (Wildman–Crippen MR) is 118 cm³/mol. The van der Waals surface area contributed by atoms with Crippen LogP contribution in [0.25, 0.3) is 22.3 Å². The first-order valence-corrected chi connectivity index (χ1v) is 11.4. The maximum Gasteiger partial charge on any atom is 0.243 e. The SMILES string of the molecule is Cc1ccc(S(=O)(=O)N2CC(CC#N)(n3cc(-c4ncnc5[nH]ccc45)c(N)n3)C2)cc1. The maximum atomic E-state index is 13.0. The normalized spacial score (nSPS) is 16.0. The van der Waals surface area contributed by atoms with Crippen LogP contribution in [-0.4, -0.2) is 50.5 Å². The number of hydrogen-bond donors (Lipinski definition) is 2. The third kappa shape index (κ3) is 3.04. The van der Waals surface area contributed by atoms with Crippen LogP contribution in [0.4, 0.5) is 5.82 Å². The second-order valence-corrected chi connectivity index (χ2v) is 9.92. The lowest BCUT2D eigenvalue weighted by molar-refractivity contribution is 0.0720. The molecule has 0 aliphatic carbocycles. The average Bonchev–Trinajstić information content (AvgIpc) is 3.37. The highest BCUT2D eigenvalue weighted by molar-refractivity contribution is 7.89. The van der Waals surface area contributed by atoms with Crippen molar-refractivity contribution in [3.63, 3.8) is 0 Å². The van der Waals surface area contributed by atoms with Crippen molar-refractivity contribution in [3.8, 4) is 17.3 Å². The van der Waals surface area contributed by atoms with Crippen LogP contribution in [-0.2, 0) is 15.6 Å². The lowest BCUT2D eigenvalue weighted by Gasteiger charge is -2.47. The minimum absolute atomic E-state index is 0.0941. The summed E-state index contributed by atoms with van der Waals surface area (Å²) in [6.07, 6.45) is 5.03. The molecular weight excluding hydrogens is 428 g/mol. The van der Waals surface area contributed by atoms with Crippen molar-refractivity contribution >= 4 is 26.9 Å². The number of H-pyrrole nitrogens is 1. The molecule has 3 aromatic heterocycles. The summed E-state index contributed by atoms with van der Waals surface area (Å²) in [6, 6.07) is 10.7. The highest BCUT2D eigenvalue weighted by atomic mass is 32.2. The Morgan fingerprint density at radius 1 is 1.22 bits per heavy atom. The molecule has 1 aliphatic heterocycles. The smallest absolute Gasteiger partial charge is 0.243 e. The molecule has 1 saturated heterocycles. The molecule has 1 fully saturated rings. The van der Waals surface area contributed by atoms with E-state index in [4.69, 9.17) is 5.73 Å². The van der Waals surface area contributed by atoms with Gasteiger partial charge in [0, 0.05) is 30.9 Å². The number of aromatic amines is 1. The Labute approximate surface area is 184 Å². The fourth-order valence-corrected chi connectivity index (χ4v) is 5.62. The molecule has 10 nitrogen and oxygen atoms in total. The molecular formula is C21H20N8O2S. The number of nitrogens with two attached hydrogens (primary N) is 1. The summed E-state index contributed by atoms with van der Waals surface area (Å²) in [6.45, 7) is 2.15. The van der Waals surface area contributed by atoms with Gasteiger partial charge in [-0.25, -0.2) is 18.4 Å². The molecule has 0 bridgehead atoms. The molecule has 0 unspecified atom stereocenters. The standard InChI is InChI=1S/C21H20N8O2S/c1-14-2-4-15(5-3-14)32(30,31)28-11-21(12-28,7-8-22)29-10-17(19(23)27-29)18-16-6-9-24-20(16)26-13-25-18/h2-6,9-10,13H,7,11-12H2,1H3,(H2,23,27)(H,24,25,26). The Hall–Kier alpha value is -3.75. The van der Waals surface area contributed by atoms with Crippen LogP contribution in [0.5, 0.6) is 0 Å². The summed E-state index contributed by atoms with van der Waals surface area (Å²) >= 11 is 0. The number of nitrogens with one attached hydrogen (secondary N) is 1. The number of nitriles is 1. The van der Waals surface area contributed by atoms with E-state index in [0.29, 0.717) is 16.9 Å². The molecule has 5 rings (SSSR count). The van der Waals surface area contributed by atoms with E-state index in [2.05, 4.69) is 26.1 Å². The largest absolute Gasteiger partial charge is 0.382 e. The zero-order chi connectivity index (χ0) is 22.5. The van der Waals surface area contributed by atoms with Crippen molar-refractivity contribution in [2.45, 2.75) is 23.8 Å². The molecule has 162 valence electrons. The first-order valence-electron chi connectivity index (χ1n) is 9.92. The Balaban J connectivity index is 1.49. The van der Waals surface area contributed by atoms with Crippen LogP contribution in [0.3, 0.4) is 0 Å². The van der Waals surface area contributed by atoms with Crippen molar-refractivity contribution in [1.82, 2.24) is 29.0 Å². The van der Waals surface area contributed by atoms with Gasteiger partial charge in [-0.3, -0.25) is 4.68 Å². The Morgan fingerprint density at radius 3 is 2.69 bits per heavy atom. The van der Waals surface area contributed by atoms with Crippen molar-refractivity contribution in [2.75, 3.05) is 18.8 Å². The number of fused-ring (bicyclic) bond motifs is 1. The molecule has 32 heavy (non-hydrogen) atoms. The van der Waals surface area contributed by atoms with E-state index >= 15 is 0 Å². The van der Waals surface area contributed by atoms with Crippen LogP contribution in [0.15, 0.2) is 53.9 Å². The van der Waals surface area contributed by atoms with Gasteiger partial charge < -0.3 is 10.7 Å². The number of sulfonamides is 1. The first-order chi connectivity index (χ1) is 15.3. The summed E-state index contributed by atoms with van der Waals surface area (Å²) in [5.74, 6) is 0.253. The van der Waals surface area contributed by atoms with E-state index < -0.39 is 15.6 Å². The fraction of sp³-hybridized carbons (Fsp3) is 0.238. The van der Waals surface area contributed by atoms with Gasteiger partial charge in [0.25, 0.3) is 0 Å². The van der Waals surface area contributed by atoms with Gasteiger partial charge in [0.1, 0.15) is 17.5 Å². The van der Waals surface area contributed by atoms with E-state index in [9.17, 15) is 13.7 Å². The zero-order valence-corrected chi connectivity index (χ0v) is 18.0. The third-order valence-corrected chi connectivity index (χ3v) is 7.65. The van der Waals surface area contributed by atoms with Gasteiger partial charge >= 0.3 is 0 Å². The van der Waals surface area contributed by atoms with Crippen molar-refractivity contribution in [3.05, 3.63) is 54.6 Å². The van der Waals surface area contributed by atoms with E-state index in [1.807, 2.05) is 13.0 Å². The van der Waals surface area contributed by atoms with Crippen LogP contribution < -0.4 is 5.73 Å². The van der Waals surface area contributed by atoms with E-state index in [-0.39, 0.29) is 30.2 Å². The monoisotopic (exact) mass is 448 g/mol. The number of nitrogens with zero attached hydrogens (tertiary/aromatic N) is 6. The number of hydrogen-bond acceptors (Lipinski definition) is 7. The minimum atomic E-state index is -3.67. The molecule has 0 saturated carbocycles. The summed E-state index contributed by atoms with van der Waals surface area (Å²) in [5, 5.41) is 14.7. The Bertz CT molecular complexity index is 1460. The fourth-order valence-electron chi connectivity index (χ4n) is 4.02. The van der Waals surface area contributed by atoms with Crippen molar-refractivity contribution in [2.24, 2.45) is 0 Å². The lowest BCUT2D eigenvalue weighted by atomic mass is 9.89. The van der Waals surface area contributed by atoms with Gasteiger partial charge in [0.15, 0.2) is 5.82 Å². The molecule has 4 heterocycles. The number of rotatable bonds is 5. The molecule has 0 atom stereocenters. The highest BCUT2D eigenvalue weighted by Crippen LogP contribution is 2.38. The van der Waals surface area contributed by atoms with Crippen molar-refractivity contribution in [1.29, 1.82) is 5.26 Å². The van der Waals surface area contributed by atoms with Gasteiger partial charge in [-0.15, -0.1) is 0 Å². The first kappa shape index (κ1) is 20.2. The molecule has 3 N–H and O–H groups in total.